The molecule has 0 spiro atoms. The second-order valence-electron chi connectivity index (χ2n) is 6.86. The molecule has 6 heteroatoms. The number of nitrogens with one attached hydrogen (secondary N) is 1. The van der Waals surface area contributed by atoms with Crippen molar-refractivity contribution in [3.63, 3.8) is 0 Å². The second-order valence-corrected chi connectivity index (χ2v) is 6.86. The van der Waals surface area contributed by atoms with E-state index in [9.17, 15) is 14.4 Å². The van der Waals surface area contributed by atoms with Crippen LogP contribution in [0.5, 0.6) is 0 Å². The standard InChI is InChI=1S/C19H25N3O3/c1-13(23)21-8-9-22(12-17(11-21)18(24)20-2)19(25)16-7-6-14-4-3-5-15(14)10-16/h6-7,10,17H,3-5,8-9,11-12H2,1-2H3,(H,20,24)/t17-/m0/s1. The van der Waals surface area contributed by atoms with Crippen molar-refractivity contribution in [2.24, 2.45) is 5.92 Å². The topological polar surface area (TPSA) is 69.7 Å². The van der Waals surface area contributed by atoms with Gasteiger partial charge in [0.15, 0.2) is 0 Å². The molecule has 3 rings (SSSR count). The van der Waals surface area contributed by atoms with Gasteiger partial charge in [0.1, 0.15) is 0 Å². The van der Waals surface area contributed by atoms with Crippen LogP contribution in [0.25, 0.3) is 0 Å². The zero-order chi connectivity index (χ0) is 18.0. The summed E-state index contributed by atoms with van der Waals surface area (Å²) in [6.07, 6.45) is 3.25. The van der Waals surface area contributed by atoms with Crippen LogP contribution in [-0.2, 0) is 22.4 Å². The molecule has 1 saturated heterocycles. The maximum Gasteiger partial charge on any atom is 0.253 e. The van der Waals surface area contributed by atoms with Crippen molar-refractivity contribution in [2.45, 2.75) is 26.2 Å². The molecule has 134 valence electrons. The molecular weight excluding hydrogens is 318 g/mol. The fraction of sp³-hybridized carbons (Fsp3) is 0.526. The van der Waals surface area contributed by atoms with Crippen LogP contribution in [0.3, 0.4) is 0 Å². The first kappa shape index (κ1) is 17.5. The van der Waals surface area contributed by atoms with Crippen molar-refractivity contribution < 1.29 is 14.4 Å². The number of carbonyl (C=O) groups excluding carboxylic acids is 3. The van der Waals surface area contributed by atoms with E-state index in [1.165, 1.54) is 18.1 Å². The molecule has 1 heterocycles. The maximum absolute atomic E-state index is 13.0. The Hall–Kier alpha value is -2.37. The Kier molecular flexibility index (Phi) is 5.06. The van der Waals surface area contributed by atoms with E-state index in [2.05, 4.69) is 5.32 Å². The lowest BCUT2D eigenvalue weighted by molar-refractivity contribution is -0.130. The van der Waals surface area contributed by atoms with Crippen LogP contribution in [0, 0.1) is 5.92 Å². The van der Waals surface area contributed by atoms with Gasteiger partial charge in [-0.2, -0.15) is 0 Å². The van der Waals surface area contributed by atoms with Gasteiger partial charge in [0, 0.05) is 45.7 Å². The summed E-state index contributed by atoms with van der Waals surface area (Å²) in [5.41, 5.74) is 3.26. The summed E-state index contributed by atoms with van der Waals surface area (Å²) >= 11 is 0. The van der Waals surface area contributed by atoms with E-state index in [1.807, 2.05) is 18.2 Å². The van der Waals surface area contributed by atoms with E-state index in [-0.39, 0.29) is 17.7 Å². The summed E-state index contributed by atoms with van der Waals surface area (Å²) in [6, 6.07) is 5.92. The average Bonchev–Trinajstić information content (AvgIpc) is 2.96. The van der Waals surface area contributed by atoms with Crippen LogP contribution in [0.2, 0.25) is 0 Å². The summed E-state index contributed by atoms with van der Waals surface area (Å²) < 4.78 is 0. The smallest absolute Gasteiger partial charge is 0.253 e. The van der Waals surface area contributed by atoms with E-state index < -0.39 is 5.92 Å². The number of carbonyl (C=O) groups is 3. The summed E-state index contributed by atoms with van der Waals surface area (Å²) in [5.74, 6) is -0.676. The summed E-state index contributed by atoms with van der Waals surface area (Å²) in [4.78, 5) is 40.3. The molecule has 1 atom stereocenters. The van der Waals surface area contributed by atoms with Gasteiger partial charge in [-0.25, -0.2) is 0 Å². The number of benzene rings is 1. The molecule has 0 unspecified atom stereocenters. The third-order valence-electron chi connectivity index (χ3n) is 5.22. The van der Waals surface area contributed by atoms with Crippen molar-refractivity contribution in [3.8, 4) is 0 Å². The van der Waals surface area contributed by atoms with Crippen LogP contribution in [0.1, 0.15) is 34.8 Å². The Morgan fingerprint density at radius 1 is 1.04 bits per heavy atom. The predicted octanol–water partition coefficient (Wildman–Crippen LogP) is 0.842. The quantitative estimate of drug-likeness (QED) is 0.865. The highest BCUT2D eigenvalue weighted by atomic mass is 16.2. The van der Waals surface area contributed by atoms with Crippen LogP contribution in [-0.4, -0.2) is 60.7 Å². The van der Waals surface area contributed by atoms with Gasteiger partial charge in [-0.1, -0.05) is 6.07 Å². The monoisotopic (exact) mass is 343 g/mol. The Bertz CT molecular complexity index is 701. The summed E-state index contributed by atoms with van der Waals surface area (Å²) in [7, 11) is 1.58. The molecule has 0 bridgehead atoms. The third-order valence-corrected chi connectivity index (χ3v) is 5.22. The van der Waals surface area contributed by atoms with Crippen LogP contribution in [0.4, 0.5) is 0 Å². The predicted molar refractivity (Wildman–Crippen MR) is 94.2 cm³/mol. The van der Waals surface area contributed by atoms with Gasteiger partial charge in [0.2, 0.25) is 11.8 Å². The number of rotatable bonds is 2. The number of fused-ring (bicyclic) bond motifs is 1. The molecule has 2 aliphatic rings. The van der Waals surface area contributed by atoms with Crippen molar-refractivity contribution >= 4 is 17.7 Å². The molecule has 3 amide bonds. The zero-order valence-corrected chi connectivity index (χ0v) is 14.9. The van der Waals surface area contributed by atoms with Crippen LogP contribution < -0.4 is 5.32 Å². The van der Waals surface area contributed by atoms with Gasteiger partial charge in [-0.15, -0.1) is 0 Å². The molecule has 1 aliphatic carbocycles. The van der Waals surface area contributed by atoms with Gasteiger partial charge in [0.05, 0.1) is 5.92 Å². The normalized spacial score (nSPS) is 20.0. The van der Waals surface area contributed by atoms with E-state index >= 15 is 0 Å². The fourth-order valence-electron chi connectivity index (χ4n) is 3.74. The van der Waals surface area contributed by atoms with Gasteiger partial charge in [0.25, 0.3) is 5.91 Å². The fourth-order valence-corrected chi connectivity index (χ4v) is 3.74. The number of hydrogen-bond acceptors (Lipinski definition) is 3. The largest absolute Gasteiger partial charge is 0.359 e. The van der Waals surface area contributed by atoms with Crippen LogP contribution >= 0.6 is 0 Å². The maximum atomic E-state index is 13.0. The molecule has 1 N–H and O–H groups in total. The molecule has 0 aromatic heterocycles. The minimum atomic E-state index is -0.408. The number of nitrogens with zero attached hydrogens (tertiary/aromatic N) is 2. The lowest BCUT2D eigenvalue weighted by Crippen LogP contribution is -2.42. The lowest BCUT2D eigenvalue weighted by Gasteiger charge is -2.23. The average molecular weight is 343 g/mol. The molecular formula is C19H25N3O3. The Morgan fingerprint density at radius 2 is 1.72 bits per heavy atom. The Morgan fingerprint density at radius 3 is 2.44 bits per heavy atom. The van der Waals surface area contributed by atoms with Gasteiger partial charge < -0.3 is 15.1 Å². The first-order valence-corrected chi connectivity index (χ1v) is 8.87. The Balaban J connectivity index is 1.81. The molecule has 0 saturated carbocycles. The molecule has 25 heavy (non-hydrogen) atoms. The third kappa shape index (κ3) is 3.67. The molecule has 1 aromatic carbocycles. The zero-order valence-electron chi connectivity index (χ0n) is 14.9. The first-order chi connectivity index (χ1) is 12.0. The van der Waals surface area contributed by atoms with Gasteiger partial charge >= 0.3 is 0 Å². The van der Waals surface area contributed by atoms with Crippen molar-refractivity contribution in [2.75, 3.05) is 33.2 Å². The van der Waals surface area contributed by atoms with E-state index in [0.717, 1.165) is 19.3 Å². The second kappa shape index (κ2) is 7.25. The van der Waals surface area contributed by atoms with Crippen molar-refractivity contribution in [1.82, 2.24) is 15.1 Å². The summed E-state index contributed by atoms with van der Waals surface area (Å²) in [5, 5.41) is 2.64. The molecule has 1 aromatic rings. The highest BCUT2D eigenvalue weighted by Crippen LogP contribution is 2.24. The van der Waals surface area contributed by atoms with Gasteiger partial charge in [-0.3, -0.25) is 14.4 Å². The highest BCUT2D eigenvalue weighted by molar-refractivity contribution is 5.95. The van der Waals surface area contributed by atoms with E-state index in [1.54, 1.807) is 16.8 Å². The molecule has 6 nitrogen and oxygen atoms in total. The molecule has 1 fully saturated rings. The number of aryl methyl sites for hydroxylation is 2. The van der Waals surface area contributed by atoms with Crippen molar-refractivity contribution in [3.05, 3.63) is 34.9 Å². The van der Waals surface area contributed by atoms with Crippen LogP contribution in [0.15, 0.2) is 18.2 Å². The van der Waals surface area contributed by atoms with Gasteiger partial charge in [-0.05, 0) is 42.5 Å². The molecule has 0 radical (unpaired) electrons. The van der Waals surface area contributed by atoms with E-state index in [4.69, 9.17) is 0 Å². The number of amides is 3. The lowest BCUT2D eigenvalue weighted by atomic mass is 10.0. The first-order valence-electron chi connectivity index (χ1n) is 8.87. The number of hydrogen-bond donors (Lipinski definition) is 1. The highest BCUT2D eigenvalue weighted by Gasteiger charge is 2.31. The molecule has 1 aliphatic heterocycles. The van der Waals surface area contributed by atoms with E-state index in [0.29, 0.717) is 31.7 Å². The minimum absolute atomic E-state index is 0.0611. The summed E-state index contributed by atoms with van der Waals surface area (Å²) in [6.45, 7) is 3.09. The minimum Gasteiger partial charge on any atom is -0.359 e. The SMILES string of the molecule is CNC(=O)[C@H]1CN(C(C)=O)CCN(C(=O)c2ccc3c(c2)CCC3)C1. The Labute approximate surface area is 148 Å². The van der Waals surface area contributed by atoms with Crippen molar-refractivity contribution in [1.29, 1.82) is 0 Å².